The highest BCUT2D eigenvalue weighted by Crippen LogP contribution is 2.25. The standard InChI is InChI=1S/C16H27NO2/c1-5-16(18,6-2)12-19-15-13(4)9-8-10-14(15)11-17-7-3/h8-10,17-18H,5-7,11-12H2,1-4H3. The molecule has 0 radical (unpaired) electrons. The Hall–Kier alpha value is -1.06. The lowest BCUT2D eigenvalue weighted by Crippen LogP contribution is -2.34. The maximum atomic E-state index is 10.3. The molecule has 1 aromatic carbocycles. The summed E-state index contributed by atoms with van der Waals surface area (Å²) in [4.78, 5) is 0. The van der Waals surface area contributed by atoms with Crippen LogP contribution < -0.4 is 10.1 Å². The number of nitrogens with one attached hydrogen (secondary N) is 1. The van der Waals surface area contributed by atoms with Gasteiger partial charge in [-0.1, -0.05) is 39.0 Å². The molecule has 0 saturated carbocycles. The monoisotopic (exact) mass is 265 g/mol. The third-order valence-electron chi connectivity index (χ3n) is 3.66. The van der Waals surface area contributed by atoms with Gasteiger partial charge in [-0.15, -0.1) is 0 Å². The molecule has 0 spiro atoms. The molecule has 1 rings (SSSR count). The number of benzene rings is 1. The molecule has 2 N–H and O–H groups in total. The van der Waals surface area contributed by atoms with Crippen LogP contribution in [0.4, 0.5) is 0 Å². The fourth-order valence-corrected chi connectivity index (χ4v) is 1.98. The summed E-state index contributed by atoms with van der Waals surface area (Å²) in [5.41, 5.74) is 1.54. The quantitative estimate of drug-likeness (QED) is 0.759. The number of hydrogen-bond acceptors (Lipinski definition) is 3. The van der Waals surface area contributed by atoms with E-state index in [4.69, 9.17) is 4.74 Å². The molecule has 3 heteroatoms. The van der Waals surface area contributed by atoms with Gasteiger partial charge >= 0.3 is 0 Å². The van der Waals surface area contributed by atoms with Gasteiger partial charge in [-0.25, -0.2) is 0 Å². The van der Waals surface area contributed by atoms with Crippen molar-refractivity contribution in [3.05, 3.63) is 29.3 Å². The van der Waals surface area contributed by atoms with Gasteiger partial charge in [0.15, 0.2) is 0 Å². The van der Waals surface area contributed by atoms with E-state index >= 15 is 0 Å². The molecule has 0 aromatic heterocycles. The zero-order valence-electron chi connectivity index (χ0n) is 12.6. The summed E-state index contributed by atoms with van der Waals surface area (Å²) < 4.78 is 5.92. The first kappa shape index (κ1) is 16.0. The molecular weight excluding hydrogens is 238 g/mol. The van der Waals surface area contributed by atoms with Gasteiger partial charge in [-0.05, 0) is 31.9 Å². The first-order chi connectivity index (χ1) is 9.06. The molecule has 108 valence electrons. The number of para-hydroxylation sites is 1. The molecule has 0 bridgehead atoms. The first-order valence-electron chi connectivity index (χ1n) is 7.20. The predicted molar refractivity (Wildman–Crippen MR) is 79.6 cm³/mol. The highest BCUT2D eigenvalue weighted by Gasteiger charge is 2.23. The first-order valence-corrected chi connectivity index (χ1v) is 7.20. The van der Waals surface area contributed by atoms with Crippen LogP contribution in [0.15, 0.2) is 18.2 Å². The second-order valence-corrected chi connectivity index (χ2v) is 5.06. The molecule has 0 aliphatic heterocycles. The van der Waals surface area contributed by atoms with Crippen LogP contribution in [-0.2, 0) is 6.54 Å². The van der Waals surface area contributed by atoms with Gasteiger partial charge in [-0.3, -0.25) is 0 Å². The summed E-state index contributed by atoms with van der Waals surface area (Å²) >= 11 is 0. The Morgan fingerprint density at radius 1 is 1.21 bits per heavy atom. The molecule has 0 fully saturated rings. The Morgan fingerprint density at radius 3 is 2.47 bits per heavy atom. The van der Waals surface area contributed by atoms with Crippen molar-refractivity contribution < 1.29 is 9.84 Å². The van der Waals surface area contributed by atoms with Crippen LogP contribution >= 0.6 is 0 Å². The summed E-state index contributed by atoms with van der Waals surface area (Å²) in [5, 5.41) is 13.6. The lowest BCUT2D eigenvalue weighted by atomic mass is 9.99. The molecule has 19 heavy (non-hydrogen) atoms. The van der Waals surface area contributed by atoms with E-state index in [1.165, 1.54) is 0 Å². The lowest BCUT2D eigenvalue weighted by molar-refractivity contribution is -0.0117. The van der Waals surface area contributed by atoms with E-state index in [9.17, 15) is 5.11 Å². The molecule has 0 heterocycles. The molecule has 0 unspecified atom stereocenters. The average molecular weight is 265 g/mol. The van der Waals surface area contributed by atoms with Crippen molar-refractivity contribution in [3.63, 3.8) is 0 Å². The predicted octanol–water partition coefficient (Wildman–Crippen LogP) is 3.03. The lowest BCUT2D eigenvalue weighted by Gasteiger charge is -2.26. The van der Waals surface area contributed by atoms with E-state index in [1.807, 2.05) is 32.9 Å². The van der Waals surface area contributed by atoms with Crippen molar-refractivity contribution in [2.24, 2.45) is 0 Å². The second kappa shape index (κ2) is 7.51. The van der Waals surface area contributed by atoms with E-state index in [2.05, 4.69) is 18.3 Å². The smallest absolute Gasteiger partial charge is 0.126 e. The highest BCUT2D eigenvalue weighted by atomic mass is 16.5. The molecule has 1 aromatic rings. The fraction of sp³-hybridized carbons (Fsp3) is 0.625. The molecule has 0 atom stereocenters. The van der Waals surface area contributed by atoms with E-state index in [-0.39, 0.29) is 0 Å². The summed E-state index contributed by atoms with van der Waals surface area (Å²) in [6.45, 7) is 10.2. The van der Waals surface area contributed by atoms with Gasteiger partial charge in [0.05, 0.1) is 5.60 Å². The average Bonchev–Trinajstić information content (AvgIpc) is 2.43. The van der Waals surface area contributed by atoms with Crippen LogP contribution in [0.5, 0.6) is 5.75 Å². The number of hydrogen-bond donors (Lipinski definition) is 2. The van der Waals surface area contributed by atoms with Crippen LogP contribution in [0, 0.1) is 6.92 Å². The Bertz CT molecular complexity index is 386. The van der Waals surface area contributed by atoms with Crippen LogP contribution in [0.1, 0.15) is 44.7 Å². The van der Waals surface area contributed by atoms with Gasteiger partial charge < -0.3 is 15.2 Å². The van der Waals surface area contributed by atoms with Gasteiger partial charge in [0.2, 0.25) is 0 Å². The van der Waals surface area contributed by atoms with E-state index in [0.29, 0.717) is 19.4 Å². The Balaban J connectivity index is 2.81. The minimum Gasteiger partial charge on any atom is -0.490 e. The third-order valence-corrected chi connectivity index (χ3v) is 3.66. The van der Waals surface area contributed by atoms with Crippen LogP contribution in [0.3, 0.4) is 0 Å². The minimum atomic E-state index is -0.724. The molecular formula is C16H27NO2. The van der Waals surface area contributed by atoms with Gasteiger partial charge in [0, 0.05) is 12.1 Å². The maximum absolute atomic E-state index is 10.3. The number of ether oxygens (including phenoxy) is 1. The van der Waals surface area contributed by atoms with Crippen LogP contribution in [-0.4, -0.2) is 23.9 Å². The van der Waals surface area contributed by atoms with Gasteiger partial charge in [0.1, 0.15) is 12.4 Å². The Morgan fingerprint density at radius 2 is 1.89 bits per heavy atom. The summed E-state index contributed by atoms with van der Waals surface area (Å²) in [6, 6.07) is 6.16. The van der Waals surface area contributed by atoms with Crippen molar-refractivity contribution in [2.45, 2.75) is 52.7 Å². The Kier molecular flexibility index (Phi) is 6.32. The van der Waals surface area contributed by atoms with E-state index < -0.39 is 5.60 Å². The van der Waals surface area contributed by atoms with E-state index in [1.54, 1.807) is 0 Å². The topological polar surface area (TPSA) is 41.5 Å². The zero-order valence-corrected chi connectivity index (χ0v) is 12.6. The van der Waals surface area contributed by atoms with Crippen LogP contribution in [0.2, 0.25) is 0 Å². The van der Waals surface area contributed by atoms with Crippen molar-refractivity contribution in [3.8, 4) is 5.75 Å². The summed E-state index contributed by atoms with van der Waals surface area (Å²) in [6.07, 6.45) is 1.41. The highest BCUT2D eigenvalue weighted by molar-refractivity contribution is 5.40. The second-order valence-electron chi connectivity index (χ2n) is 5.06. The number of aliphatic hydroxyl groups is 1. The molecule has 3 nitrogen and oxygen atoms in total. The molecule has 0 saturated heterocycles. The van der Waals surface area contributed by atoms with Crippen molar-refractivity contribution in [1.82, 2.24) is 5.32 Å². The van der Waals surface area contributed by atoms with Crippen molar-refractivity contribution in [2.75, 3.05) is 13.2 Å². The molecule has 0 aliphatic carbocycles. The summed E-state index contributed by atoms with van der Waals surface area (Å²) in [5.74, 6) is 0.906. The van der Waals surface area contributed by atoms with Gasteiger partial charge in [0.25, 0.3) is 0 Å². The third kappa shape index (κ3) is 4.51. The number of rotatable bonds is 8. The van der Waals surface area contributed by atoms with Crippen molar-refractivity contribution in [1.29, 1.82) is 0 Å². The molecule has 0 aliphatic rings. The summed E-state index contributed by atoms with van der Waals surface area (Å²) in [7, 11) is 0. The SMILES string of the molecule is CCNCc1cccc(C)c1OCC(O)(CC)CC. The number of aryl methyl sites for hydroxylation is 1. The zero-order chi connectivity index (χ0) is 14.3. The van der Waals surface area contributed by atoms with Crippen molar-refractivity contribution >= 4 is 0 Å². The molecule has 0 amide bonds. The fourth-order valence-electron chi connectivity index (χ4n) is 1.98. The largest absolute Gasteiger partial charge is 0.490 e. The minimum absolute atomic E-state index is 0.351. The maximum Gasteiger partial charge on any atom is 0.126 e. The normalized spacial score (nSPS) is 11.6. The van der Waals surface area contributed by atoms with Crippen LogP contribution in [0.25, 0.3) is 0 Å². The van der Waals surface area contributed by atoms with E-state index in [0.717, 1.165) is 30.0 Å². The van der Waals surface area contributed by atoms with Gasteiger partial charge in [-0.2, -0.15) is 0 Å². The Labute approximate surface area is 117 Å².